The molecule has 0 bridgehead atoms. The van der Waals surface area contributed by atoms with E-state index in [1.165, 1.54) is 0 Å². The number of benzene rings is 1. The number of nitrogens with zero attached hydrogens (tertiary/aromatic N) is 3. The predicted octanol–water partition coefficient (Wildman–Crippen LogP) is 2.71. The summed E-state index contributed by atoms with van der Waals surface area (Å²) in [5.74, 6) is 0.885. The Morgan fingerprint density at radius 2 is 1.96 bits per heavy atom. The Balaban J connectivity index is 1.30. The number of piperazine rings is 1. The zero-order valence-electron chi connectivity index (χ0n) is 15.5. The Morgan fingerprint density at radius 1 is 1.15 bits per heavy atom. The Morgan fingerprint density at radius 3 is 2.70 bits per heavy atom. The zero-order valence-corrected chi connectivity index (χ0v) is 15.5. The number of nitrogens with one attached hydrogen (secondary N) is 1. The van der Waals surface area contributed by atoms with E-state index in [4.69, 9.17) is 4.74 Å². The molecule has 0 atom stereocenters. The van der Waals surface area contributed by atoms with Crippen LogP contribution in [0.4, 0.5) is 0 Å². The van der Waals surface area contributed by atoms with Crippen LogP contribution >= 0.6 is 0 Å². The summed E-state index contributed by atoms with van der Waals surface area (Å²) >= 11 is 0. The van der Waals surface area contributed by atoms with Crippen molar-refractivity contribution in [1.29, 1.82) is 0 Å². The first-order valence-corrected chi connectivity index (χ1v) is 9.34. The number of pyridine rings is 1. The van der Waals surface area contributed by atoms with Gasteiger partial charge in [0.25, 0.3) is 5.91 Å². The molecule has 1 N–H and O–H groups in total. The molecule has 1 amide bonds. The molecule has 2 aromatic heterocycles. The summed E-state index contributed by atoms with van der Waals surface area (Å²) < 4.78 is 5.71. The van der Waals surface area contributed by atoms with Gasteiger partial charge in [-0.1, -0.05) is 18.2 Å². The topological polar surface area (TPSA) is 61.5 Å². The highest BCUT2D eigenvalue weighted by molar-refractivity contribution is 6.00. The number of carbonyl (C=O) groups excluding carboxylic acids is 1. The van der Waals surface area contributed by atoms with Crippen molar-refractivity contribution >= 4 is 16.8 Å². The first-order valence-electron chi connectivity index (χ1n) is 9.34. The molecule has 6 heteroatoms. The van der Waals surface area contributed by atoms with Gasteiger partial charge < -0.3 is 14.6 Å². The maximum Gasteiger partial charge on any atom is 0.270 e. The molecule has 3 heterocycles. The maximum absolute atomic E-state index is 12.9. The number of rotatable bonds is 5. The molecule has 1 aliphatic rings. The lowest BCUT2D eigenvalue weighted by atomic mass is 10.1. The van der Waals surface area contributed by atoms with Gasteiger partial charge in [0.15, 0.2) is 0 Å². The molecule has 0 radical (unpaired) electrons. The monoisotopic (exact) mass is 364 g/mol. The van der Waals surface area contributed by atoms with Crippen LogP contribution in [0.2, 0.25) is 0 Å². The molecular weight excluding hydrogens is 340 g/mol. The van der Waals surface area contributed by atoms with E-state index in [1.807, 2.05) is 42.2 Å². The van der Waals surface area contributed by atoms with Crippen molar-refractivity contribution in [1.82, 2.24) is 19.8 Å². The van der Waals surface area contributed by atoms with Crippen LogP contribution in [-0.2, 0) is 0 Å². The van der Waals surface area contributed by atoms with Gasteiger partial charge in [0.05, 0.1) is 6.20 Å². The van der Waals surface area contributed by atoms with Crippen molar-refractivity contribution in [2.45, 2.75) is 6.92 Å². The molecule has 0 saturated carbocycles. The van der Waals surface area contributed by atoms with Crippen LogP contribution in [0, 0.1) is 6.92 Å². The van der Waals surface area contributed by atoms with E-state index < -0.39 is 0 Å². The molecule has 1 aliphatic heterocycles. The van der Waals surface area contributed by atoms with Crippen molar-refractivity contribution in [2.75, 3.05) is 39.3 Å². The van der Waals surface area contributed by atoms with Crippen molar-refractivity contribution in [3.05, 3.63) is 60.0 Å². The lowest BCUT2D eigenvalue weighted by molar-refractivity contribution is 0.0615. The molecule has 0 spiro atoms. The molecule has 6 nitrogen and oxygen atoms in total. The predicted molar refractivity (Wildman–Crippen MR) is 105 cm³/mol. The number of carbonyl (C=O) groups is 1. The second-order valence-corrected chi connectivity index (χ2v) is 6.84. The van der Waals surface area contributed by atoms with Crippen LogP contribution in [0.3, 0.4) is 0 Å². The highest BCUT2D eigenvalue weighted by Crippen LogP contribution is 2.22. The fraction of sp³-hybridized carbons (Fsp3) is 0.333. The van der Waals surface area contributed by atoms with E-state index in [0.717, 1.165) is 54.9 Å². The molecule has 1 saturated heterocycles. The number of H-pyrrole nitrogens is 1. The van der Waals surface area contributed by atoms with Crippen molar-refractivity contribution in [2.24, 2.45) is 0 Å². The number of fused-ring (bicyclic) bond motifs is 1. The Kier molecular flexibility index (Phi) is 5.07. The number of hydrogen-bond donors (Lipinski definition) is 1. The van der Waals surface area contributed by atoms with E-state index >= 15 is 0 Å². The zero-order chi connectivity index (χ0) is 18.6. The maximum atomic E-state index is 12.9. The standard InChI is InChI=1S/C21H24N4O2/c1-16-18-6-2-3-7-19(18)23-20(16)21(26)25-11-9-24(10-12-25)13-14-27-17-5-4-8-22-15-17/h2-8,15,23H,9-14H2,1H3. The summed E-state index contributed by atoms with van der Waals surface area (Å²) in [5, 5.41) is 1.12. The molecule has 1 fully saturated rings. The van der Waals surface area contributed by atoms with E-state index in [2.05, 4.69) is 20.9 Å². The van der Waals surface area contributed by atoms with Gasteiger partial charge >= 0.3 is 0 Å². The number of hydrogen-bond acceptors (Lipinski definition) is 4. The number of amides is 1. The van der Waals surface area contributed by atoms with Crippen LogP contribution in [0.25, 0.3) is 10.9 Å². The van der Waals surface area contributed by atoms with E-state index in [0.29, 0.717) is 12.3 Å². The van der Waals surface area contributed by atoms with Crippen LogP contribution < -0.4 is 4.74 Å². The van der Waals surface area contributed by atoms with Crippen molar-refractivity contribution < 1.29 is 9.53 Å². The minimum Gasteiger partial charge on any atom is -0.491 e. The molecule has 3 aromatic rings. The van der Waals surface area contributed by atoms with Crippen LogP contribution in [0.1, 0.15) is 16.1 Å². The summed E-state index contributed by atoms with van der Waals surface area (Å²) in [6, 6.07) is 11.8. The molecular formula is C21H24N4O2. The quantitative estimate of drug-likeness (QED) is 0.756. The van der Waals surface area contributed by atoms with Crippen LogP contribution in [0.5, 0.6) is 5.75 Å². The smallest absolute Gasteiger partial charge is 0.270 e. The molecule has 0 unspecified atom stereocenters. The third-order valence-corrected chi connectivity index (χ3v) is 5.15. The highest BCUT2D eigenvalue weighted by Gasteiger charge is 2.24. The second kappa shape index (κ2) is 7.80. The fourth-order valence-corrected chi connectivity index (χ4v) is 3.55. The SMILES string of the molecule is Cc1c(C(=O)N2CCN(CCOc3cccnc3)CC2)[nH]c2ccccc12. The molecule has 27 heavy (non-hydrogen) atoms. The average molecular weight is 364 g/mol. The first-order chi connectivity index (χ1) is 13.2. The lowest BCUT2D eigenvalue weighted by Crippen LogP contribution is -2.49. The number of aromatic amines is 1. The average Bonchev–Trinajstić information content (AvgIpc) is 3.06. The van der Waals surface area contributed by atoms with Gasteiger partial charge in [-0.3, -0.25) is 14.7 Å². The minimum atomic E-state index is 0.0926. The number of ether oxygens (including phenoxy) is 1. The summed E-state index contributed by atoms with van der Waals surface area (Å²) in [5.41, 5.74) is 2.76. The van der Waals surface area contributed by atoms with Crippen LogP contribution in [0.15, 0.2) is 48.8 Å². The van der Waals surface area contributed by atoms with E-state index in [-0.39, 0.29) is 5.91 Å². The van der Waals surface area contributed by atoms with Crippen LogP contribution in [-0.4, -0.2) is 65.0 Å². The van der Waals surface area contributed by atoms with Gasteiger partial charge in [0.1, 0.15) is 18.1 Å². The minimum absolute atomic E-state index is 0.0926. The van der Waals surface area contributed by atoms with Crippen molar-refractivity contribution in [3.8, 4) is 5.75 Å². The summed E-state index contributed by atoms with van der Waals surface area (Å²) in [4.78, 5) is 24.6. The number of aryl methyl sites for hydroxylation is 1. The second-order valence-electron chi connectivity index (χ2n) is 6.84. The van der Waals surface area contributed by atoms with Gasteiger partial charge in [0.2, 0.25) is 0 Å². The highest BCUT2D eigenvalue weighted by atomic mass is 16.5. The summed E-state index contributed by atoms with van der Waals surface area (Å²) in [7, 11) is 0. The van der Waals surface area contributed by atoms with Gasteiger partial charge in [-0.25, -0.2) is 0 Å². The fourth-order valence-electron chi connectivity index (χ4n) is 3.55. The van der Waals surface area contributed by atoms with Crippen molar-refractivity contribution in [3.63, 3.8) is 0 Å². The van der Waals surface area contributed by atoms with Gasteiger partial charge in [-0.05, 0) is 30.7 Å². The largest absolute Gasteiger partial charge is 0.491 e. The van der Waals surface area contributed by atoms with E-state index in [1.54, 1.807) is 12.4 Å². The number of aromatic nitrogens is 2. The number of para-hydroxylation sites is 1. The normalized spacial score (nSPS) is 15.2. The van der Waals surface area contributed by atoms with Gasteiger partial charge in [-0.2, -0.15) is 0 Å². The third kappa shape index (κ3) is 3.80. The molecule has 1 aromatic carbocycles. The molecule has 4 rings (SSSR count). The van der Waals surface area contributed by atoms with Gasteiger partial charge in [-0.15, -0.1) is 0 Å². The van der Waals surface area contributed by atoms with E-state index in [9.17, 15) is 4.79 Å². The Bertz CT molecular complexity index is 914. The first kappa shape index (κ1) is 17.5. The molecule has 140 valence electrons. The Hall–Kier alpha value is -2.86. The summed E-state index contributed by atoms with van der Waals surface area (Å²) in [6.45, 7) is 6.69. The Labute approximate surface area is 158 Å². The third-order valence-electron chi connectivity index (χ3n) is 5.15. The van der Waals surface area contributed by atoms with Gasteiger partial charge in [0, 0.05) is 49.8 Å². The lowest BCUT2D eigenvalue weighted by Gasteiger charge is -2.34. The molecule has 0 aliphatic carbocycles. The summed E-state index contributed by atoms with van der Waals surface area (Å²) in [6.07, 6.45) is 3.46.